The van der Waals surface area contributed by atoms with Crippen LogP contribution in [0, 0.1) is 5.92 Å². The Morgan fingerprint density at radius 1 is 1.16 bits per heavy atom. The zero-order valence-corrected chi connectivity index (χ0v) is 13.6. The zero-order chi connectivity index (χ0) is 14.7. The lowest BCUT2D eigenvalue weighted by molar-refractivity contribution is -0.123. The molecule has 0 bridgehead atoms. The van der Waals surface area contributed by atoms with Crippen LogP contribution in [0.1, 0.15) is 23.5 Å². The van der Waals surface area contributed by atoms with E-state index in [2.05, 4.69) is 10.6 Å². The summed E-state index contributed by atoms with van der Waals surface area (Å²) in [6.45, 7) is 3.66. The predicted molar refractivity (Wildman–Crippen MR) is 79.5 cm³/mol. The lowest BCUT2D eigenvalue weighted by Crippen LogP contribution is -2.48. The summed E-state index contributed by atoms with van der Waals surface area (Å²) >= 11 is 18.5. The lowest BCUT2D eigenvalue weighted by Gasteiger charge is -2.20. The molecule has 8 heteroatoms. The second-order valence-corrected chi connectivity index (χ2v) is 6.52. The van der Waals surface area contributed by atoms with Crippen LogP contribution in [-0.4, -0.2) is 24.9 Å². The van der Waals surface area contributed by atoms with E-state index in [0.717, 1.165) is 11.3 Å². The number of amides is 2. The molecular formula is C11H13Cl3N2O2S. The molecule has 0 saturated carbocycles. The van der Waals surface area contributed by atoms with Crippen molar-refractivity contribution < 1.29 is 9.59 Å². The Morgan fingerprint density at radius 2 is 1.74 bits per heavy atom. The minimum Gasteiger partial charge on any atom is -0.357 e. The van der Waals surface area contributed by atoms with Crippen molar-refractivity contribution in [2.24, 2.45) is 5.92 Å². The van der Waals surface area contributed by atoms with Gasteiger partial charge in [0, 0.05) is 7.05 Å². The number of hydrogen-bond donors (Lipinski definition) is 2. The smallest absolute Gasteiger partial charge is 0.263 e. The van der Waals surface area contributed by atoms with E-state index in [1.54, 1.807) is 0 Å². The average molecular weight is 344 g/mol. The topological polar surface area (TPSA) is 58.2 Å². The van der Waals surface area contributed by atoms with Gasteiger partial charge in [0.25, 0.3) is 5.91 Å². The molecule has 0 saturated heterocycles. The summed E-state index contributed by atoms with van der Waals surface area (Å²) in [7, 11) is 1.51. The van der Waals surface area contributed by atoms with Crippen LogP contribution in [0.3, 0.4) is 0 Å². The molecule has 0 aromatic carbocycles. The number of hydrogen-bond acceptors (Lipinski definition) is 3. The largest absolute Gasteiger partial charge is 0.357 e. The molecule has 1 aromatic heterocycles. The van der Waals surface area contributed by atoms with Crippen molar-refractivity contribution in [1.82, 2.24) is 10.6 Å². The molecule has 2 amide bonds. The van der Waals surface area contributed by atoms with Crippen LogP contribution in [0.25, 0.3) is 0 Å². The molecule has 19 heavy (non-hydrogen) atoms. The zero-order valence-electron chi connectivity index (χ0n) is 10.5. The first-order chi connectivity index (χ1) is 8.79. The highest BCUT2D eigenvalue weighted by Gasteiger charge is 2.26. The van der Waals surface area contributed by atoms with E-state index in [9.17, 15) is 9.59 Å². The van der Waals surface area contributed by atoms with E-state index in [0.29, 0.717) is 0 Å². The summed E-state index contributed by atoms with van der Waals surface area (Å²) < 4.78 is 0.248. The van der Waals surface area contributed by atoms with Gasteiger partial charge in [0.15, 0.2) is 0 Å². The molecule has 4 nitrogen and oxygen atoms in total. The van der Waals surface area contributed by atoms with Crippen molar-refractivity contribution in [3.05, 3.63) is 19.3 Å². The second kappa shape index (κ2) is 6.79. The van der Waals surface area contributed by atoms with Crippen LogP contribution in [0.4, 0.5) is 0 Å². The van der Waals surface area contributed by atoms with Gasteiger partial charge < -0.3 is 10.6 Å². The summed E-state index contributed by atoms with van der Waals surface area (Å²) in [5.41, 5.74) is 0. The number of carbonyl (C=O) groups is 2. The van der Waals surface area contributed by atoms with Gasteiger partial charge in [-0.05, 0) is 5.92 Å². The van der Waals surface area contributed by atoms with Gasteiger partial charge in [0.2, 0.25) is 5.91 Å². The van der Waals surface area contributed by atoms with Crippen molar-refractivity contribution in [1.29, 1.82) is 0 Å². The predicted octanol–water partition coefficient (Wildman–Crippen LogP) is 3.21. The Labute approximate surface area is 130 Å². The fourth-order valence-corrected chi connectivity index (χ4v) is 3.12. The summed E-state index contributed by atoms with van der Waals surface area (Å²) in [5, 5.41) is 5.38. The van der Waals surface area contributed by atoms with E-state index in [1.807, 2.05) is 13.8 Å². The number of nitrogens with one attached hydrogen (secondary N) is 2. The summed E-state index contributed by atoms with van der Waals surface area (Å²) in [6, 6.07) is -0.645. The van der Waals surface area contributed by atoms with Crippen molar-refractivity contribution >= 4 is 58.0 Å². The molecule has 1 aromatic rings. The normalized spacial score (nSPS) is 12.4. The van der Waals surface area contributed by atoms with Gasteiger partial charge in [-0.2, -0.15) is 0 Å². The lowest BCUT2D eigenvalue weighted by atomic mass is 10.0. The molecule has 0 spiro atoms. The SMILES string of the molecule is CNC(=O)[C@@H](NC(=O)c1sc(Cl)c(Cl)c1Cl)C(C)C. The van der Waals surface area contributed by atoms with Crippen molar-refractivity contribution in [2.45, 2.75) is 19.9 Å². The molecule has 1 atom stereocenters. The van der Waals surface area contributed by atoms with Crippen LogP contribution >= 0.6 is 46.1 Å². The first-order valence-corrected chi connectivity index (χ1v) is 7.40. The third kappa shape index (κ3) is 3.75. The fourth-order valence-electron chi connectivity index (χ4n) is 1.41. The molecule has 0 radical (unpaired) electrons. The highest BCUT2D eigenvalue weighted by atomic mass is 35.5. The van der Waals surface area contributed by atoms with Gasteiger partial charge in [-0.25, -0.2) is 0 Å². The average Bonchev–Trinajstić information content (AvgIpc) is 2.62. The minimum absolute atomic E-state index is 0.0615. The Morgan fingerprint density at radius 3 is 2.11 bits per heavy atom. The Bertz CT molecular complexity index is 502. The number of thiophene rings is 1. The summed E-state index contributed by atoms with van der Waals surface area (Å²) in [4.78, 5) is 24.0. The molecule has 2 N–H and O–H groups in total. The van der Waals surface area contributed by atoms with E-state index in [1.165, 1.54) is 7.05 Å². The number of rotatable bonds is 4. The fraction of sp³-hybridized carbons (Fsp3) is 0.455. The van der Waals surface area contributed by atoms with Crippen LogP contribution in [0.15, 0.2) is 0 Å². The minimum atomic E-state index is -0.645. The van der Waals surface area contributed by atoms with E-state index >= 15 is 0 Å². The highest BCUT2D eigenvalue weighted by Crippen LogP contribution is 2.40. The van der Waals surface area contributed by atoms with Crippen LogP contribution in [-0.2, 0) is 4.79 Å². The molecule has 0 fully saturated rings. The first-order valence-electron chi connectivity index (χ1n) is 5.45. The molecule has 0 unspecified atom stereocenters. The van der Waals surface area contributed by atoms with Crippen LogP contribution in [0.5, 0.6) is 0 Å². The van der Waals surface area contributed by atoms with Gasteiger partial charge in [0.05, 0.1) is 10.0 Å². The Balaban J connectivity index is 2.94. The Hall–Kier alpha value is -0.490. The third-order valence-corrected chi connectivity index (χ3v) is 5.02. The van der Waals surface area contributed by atoms with Crippen LogP contribution in [0.2, 0.25) is 14.4 Å². The monoisotopic (exact) mass is 342 g/mol. The van der Waals surface area contributed by atoms with E-state index in [-0.39, 0.29) is 31.1 Å². The van der Waals surface area contributed by atoms with Gasteiger partial charge >= 0.3 is 0 Å². The maximum absolute atomic E-state index is 12.1. The maximum Gasteiger partial charge on any atom is 0.263 e. The van der Waals surface area contributed by atoms with Gasteiger partial charge in [-0.3, -0.25) is 9.59 Å². The maximum atomic E-state index is 12.1. The highest BCUT2D eigenvalue weighted by molar-refractivity contribution is 7.19. The molecule has 106 valence electrons. The van der Waals surface area contributed by atoms with Gasteiger partial charge in [0.1, 0.15) is 15.3 Å². The Kier molecular flexibility index (Phi) is 5.92. The second-order valence-electron chi connectivity index (χ2n) is 4.14. The molecule has 0 aliphatic rings. The molecule has 1 heterocycles. The number of carbonyl (C=O) groups excluding carboxylic acids is 2. The summed E-state index contributed by atoms with van der Waals surface area (Å²) in [5.74, 6) is -0.798. The molecule has 1 rings (SSSR count). The van der Waals surface area contributed by atoms with Crippen molar-refractivity contribution in [2.75, 3.05) is 7.05 Å². The first kappa shape index (κ1) is 16.6. The third-order valence-electron chi connectivity index (χ3n) is 2.44. The molecule has 0 aliphatic heterocycles. The van der Waals surface area contributed by atoms with Crippen molar-refractivity contribution in [3.8, 4) is 0 Å². The van der Waals surface area contributed by atoms with E-state index < -0.39 is 11.9 Å². The quantitative estimate of drug-likeness (QED) is 0.882. The van der Waals surface area contributed by atoms with Gasteiger partial charge in [-0.15, -0.1) is 11.3 Å². The molecular weight excluding hydrogens is 331 g/mol. The standard InChI is InChI=1S/C11H13Cl3N2O2S/c1-4(2)7(10(17)15-3)16-11(18)8-5(12)6(13)9(14)19-8/h4,7H,1-3H3,(H,15,17)(H,16,18)/t7-/m0/s1. The number of halogens is 3. The number of likely N-dealkylation sites (N-methyl/N-ethyl adjacent to an activating group) is 1. The summed E-state index contributed by atoms with van der Waals surface area (Å²) in [6.07, 6.45) is 0. The van der Waals surface area contributed by atoms with Crippen LogP contribution < -0.4 is 10.6 Å². The van der Waals surface area contributed by atoms with Crippen molar-refractivity contribution in [3.63, 3.8) is 0 Å². The van der Waals surface area contributed by atoms with Gasteiger partial charge in [-0.1, -0.05) is 48.7 Å². The van der Waals surface area contributed by atoms with E-state index in [4.69, 9.17) is 34.8 Å². The molecule has 0 aliphatic carbocycles.